The molecule has 0 radical (unpaired) electrons. The lowest BCUT2D eigenvalue weighted by atomic mass is 9.93. The number of nitrogens with zero attached hydrogens (tertiary/aromatic N) is 1. The predicted molar refractivity (Wildman–Crippen MR) is 68.1 cm³/mol. The first-order chi connectivity index (χ1) is 9.02. The number of nitrogens with one attached hydrogen (secondary N) is 1. The lowest BCUT2D eigenvalue weighted by molar-refractivity contribution is -0.141. The van der Waals surface area contributed by atoms with E-state index in [2.05, 4.69) is 5.32 Å². The number of carbonyl (C=O) groups excluding carboxylic acids is 3. The molecule has 7 heteroatoms. The van der Waals surface area contributed by atoms with Crippen molar-refractivity contribution in [3.63, 3.8) is 0 Å². The van der Waals surface area contributed by atoms with Crippen LogP contribution in [0, 0.1) is 5.92 Å². The molecule has 0 bridgehead atoms. The van der Waals surface area contributed by atoms with Crippen molar-refractivity contribution in [1.82, 2.24) is 10.2 Å². The zero-order valence-corrected chi connectivity index (χ0v) is 11.2. The van der Waals surface area contributed by atoms with E-state index in [4.69, 9.17) is 10.5 Å². The highest BCUT2D eigenvalue weighted by Crippen LogP contribution is 2.19. The van der Waals surface area contributed by atoms with Crippen LogP contribution in [0.2, 0.25) is 0 Å². The van der Waals surface area contributed by atoms with Crippen molar-refractivity contribution in [2.45, 2.75) is 26.2 Å². The van der Waals surface area contributed by atoms with Gasteiger partial charge in [0.05, 0.1) is 6.61 Å². The molecule has 0 saturated carbocycles. The number of carbonyl (C=O) groups is 3. The Labute approximate surface area is 112 Å². The number of nitrogens with two attached hydrogens (primary N) is 1. The van der Waals surface area contributed by atoms with Gasteiger partial charge < -0.3 is 20.7 Å². The number of ether oxygens (including phenoxy) is 1. The van der Waals surface area contributed by atoms with E-state index in [1.807, 2.05) is 0 Å². The molecule has 1 rings (SSSR count). The molecule has 0 unspecified atom stereocenters. The summed E-state index contributed by atoms with van der Waals surface area (Å²) < 4.78 is 4.72. The Hall–Kier alpha value is -1.79. The van der Waals surface area contributed by atoms with Gasteiger partial charge in [-0.2, -0.15) is 0 Å². The van der Waals surface area contributed by atoms with Gasteiger partial charge in [0.25, 0.3) is 0 Å². The SMILES string of the molecule is CCOC(=O)CNC(=O)N1CCC(CC(N)=O)CC1. The maximum atomic E-state index is 11.8. The highest BCUT2D eigenvalue weighted by atomic mass is 16.5. The average Bonchev–Trinajstić information content (AvgIpc) is 2.36. The first kappa shape index (κ1) is 15.3. The van der Waals surface area contributed by atoms with Crippen LogP contribution in [0.4, 0.5) is 4.79 Å². The molecule has 1 saturated heterocycles. The van der Waals surface area contributed by atoms with Gasteiger partial charge in [-0.15, -0.1) is 0 Å². The third-order valence-corrected chi connectivity index (χ3v) is 3.08. The number of amides is 3. The quantitative estimate of drug-likeness (QED) is 0.679. The summed E-state index contributed by atoms with van der Waals surface area (Å²) in [4.78, 5) is 35.3. The number of hydrogen-bond donors (Lipinski definition) is 2. The number of urea groups is 1. The zero-order valence-electron chi connectivity index (χ0n) is 11.2. The van der Waals surface area contributed by atoms with E-state index in [0.717, 1.165) is 12.8 Å². The lowest BCUT2D eigenvalue weighted by Gasteiger charge is -2.31. The monoisotopic (exact) mass is 271 g/mol. The number of rotatable bonds is 5. The number of hydrogen-bond acceptors (Lipinski definition) is 4. The van der Waals surface area contributed by atoms with E-state index in [1.54, 1.807) is 11.8 Å². The summed E-state index contributed by atoms with van der Waals surface area (Å²) in [5.41, 5.74) is 5.14. The van der Waals surface area contributed by atoms with Crippen molar-refractivity contribution >= 4 is 17.9 Å². The third-order valence-electron chi connectivity index (χ3n) is 3.08. The standard InChI is InChI=1S/C12H21N3O4/c1-2-19-11(17)8-14-12(18)15-5-3-9(4-6-15)7-10(13)16/h9H,2-8H2,1H3,(H2,13,16)(H,14,18). The van der Waals surface area contributed by atoms with Crippen molar-refractivity contribution in [3.05, 3.63) is 0 Å². The van der Waals surface area contributed by atoms with E-state index in [0.29, 0.717) is 26.1 Å². The second kappa shape index (κ2) is 7.60. The zero-order chi connectivity index (χ0) is 14.3. The summed E-state index contributed by atoms with van der Waals surface area (Å²) in [6, 6.07) is -0.273. The third kappa shape index (κ3) is 5.58. The topological polar surface area (TPSA) is 102 Å². The van der Waals surface area contributed by atoms with Crippen LogP contribution in [0.25, 0.3) is 0 Å². The van der Waals surface area contributed by atoms with E-state index >= 15 is 0 Å². The van der Waals surface area contributed by atoms with Crippen LogP contribution in [0.15, 0.2) is 0 Å². The normalized spacial score (nSPS) is 15.9. The largest absolute Gasteiger partial charge is 0.465 e. The molecular weight excluding hydrogens is 250 g/mol. The van der Waals surface area contributed by atoms with Crippen molar-refractivity contribution in [2.75, 3.05) is 26.2 Å². The summed E-state index contributed by atoms with van der Waals surface area (Å²) in [6.45, 7) is 3.05. The molecule has 1 aliphatic rings. The Morgan fingerprint density at radius 2 is 1.95 bits per heavy atom. The van der Waals surface area contributed by atoms with Gasteiger partial charge >= 0.3 is 12.0 Å². The van der Waals surface area contributed by atoms with E-state index in [9.17, 15) is 14.4 Å². The van der Waals surface area contributed by atoms with Crippen molar-refractivity contribution in [2.24, 2.45) is 11.7 Å². The molecule has 7 nitrogen and oxygen atoms in total. The fraction of sp³-hybridized carbons (Fsp3) is 0.750. The Bertz CT molecular complexity index is 338. The molecule has 3 amide bonds. The molecule has 1 heterocycles. The van der Waals surface area contributed by atoms with E-state index in [1.165, 1.54) is 0 Å². The van der Waals surface area contributed by atoms with Crippen molar-refractivity contribution < 1.29 is 19.1 Å². The Morgan fingerprint density at radius 1 is 1.32 bits per heavy atom. The Balaban J connectivity index is 2.25. The van der Waals surface area contributed by atoms with Gasteiger partial charge in [0.1, 0.15) is 6.54 Å². The fourth-order valence-electron chi connectivity index (χ4n) is 2.10. The van der Waals surface area contributed by atoms with Crippen LogP contribution < -0.4 is 11.1 Å². The number of primary amides is 1. The molecule has 19 heavy (non-hydrogen) atoms. The van der Waals surface area contributed by atoms with Gasteiger partial charge in [0.15, 0.2) is 0 Å². The van der Waals surface area contributed by atoms with Crippen LogP contribution in [-0.2, 0) is 14.3 Å². The predicted octanol–water partition coefficient (Wildman–Crippen LogP) is -0.153. The fourth-order valence-corrected chi connectivity index (χ4v) is 2.10. The molecule has 1 fully saturated rings. The highest BCUT2D eigenvalue weighted by Gasteiger charge is 2.23. The molecule has 0 aromatic carbocycles. The van der Waals surface area contributed by atoms with Crippen LogP contribution >= 0.6 is 0 Å². The van der Waals surface area contributed by atoms with Gasteiger partial charge in [0.2, 0.25) is 5.91 Å². The van der Waals surface area contributed by atoms with Gasteiger partial charge in [-0.05, 0) is 25.7 Å². The molecule has 3 N–H and O–H groups in total. The minimum Gasteiger partial charge on any atom is -0.465 e. The van der Waals surface area contributed by atoms with Crippen molar-refractivity contribution in [3.8, 4) is 0 Å². The molecule has 0 spiro atoms. The van der Waals surface area contributed by atoms with E-state index in [-0.39, 0.29) is 24.4 Å². The Morgan fingerprint density at radius 3 is 2.47 bits per heavy atom. The second-order valence-electron chi connectivity index (χ2n) is 4.56. The second-order valence-corrected chi connectivity index (χ2v) is 4.56. The minimum absolute atomic E-state index is 0.117. The summed E-state index contributed by atoms with van der Waals surface area (Å²) in [7, 11) is 0. The molecular formula is C12H21N3O4. The van der Waals surface area contributed by atoms with Crippen LogP contribution in [0.3, 0.4) is 0 Å². The summed E-state index contributed by atoms with van der Waals surface area (Å²) in [5, 5.41) is 2.51. The van der Waals surface area contributed by atoms with Crippen LogP contribution in [0.5, 0.6) is 0 Å². The lowest BCUT2D eigenvalue weighted by Crippen LogP contribution is -2.46. The first-order valence-electron chi connectivity index (χ1n) is 6.49. The summed E-state index contributed by atoms with van der Waals surface area (Å²) in [5.74, 6) is -0.490. The smallest absolute Gasteiger partial charge is 0.325 e. The number of likely N-dealkylation sites (tertiary alicyclic amines) is 1. The van der Waals surface area contributed by atoms with Crippen molar-refractivity contribution in [1.29, 1.82) is 0 Å². The van der Waals surface area contributed by atoms with Crippen LogP contribution in [-0.4, -0.2) is 49.0 Å². The molecule has 108 valence electrons. The maximum absolute atomic E-state index is 11.8. The number of piperidine rings is 1. The molecule has 0 aromatic heterocycles. The average molecular weight is 271 g/mol. The van der Waals surface area contributed by atoms with Crippen LogP contribution in [0.1, 0.15) is 26.2 Å². The molecule has 1 aliphatic heterocycles. The van der Waals surface area contributed by atoms with Gasteiger partial charge in [0, 0.05) is 19.5 Å². The Kier molecular flexibility index (Phi) is 6.11. The van der Waals surface area contributed by atoms with Gasteiger partial charge in [-0.1, -0.05) is 0 Å². The maximum Gasteiger partial charge on any atom is 0.325 e. The number of esters is 1. The molecule has 0 aliphatic carbocycles. The summed E-state index contributed by atoms with van der Waals surface area (Å²) in [6.07, 6.45) is 1.89. The van der Waals surface area contributed by atoms with E-state index < -0.39 is 5.97 Å². The van der Waals surface area contributed by atoms with Gasteiger partial charge in [-0.25, -0.2) is 4.79 Å². The van der Waals surface area contributed by atoms with Gasteiger partial charge in [-0.3, -0.25) is 9.59 Å². The summed E-state index contributed by atoms with van der Waals surface area (Å²) >= 11 is 0. The minimum atomic E-state index is -0.445. The highest BCUT2D eigenvalue weighted by molar-refractivity contribution is 5.81. The molecule has 0 atom stereocenters. The first-order valence-corrected chi connectivity index (χ1v) is 6.49. The molecule has 0 aromatic rings.